The van der Waals surface area contributed by atoms with Crippen molar-refractivity contribution in [3.05, 3.63) is 46.5 Å². The van der Waals surface area contributed by atoms with E-state index in [0.29, 0.717) is 34.1 Å². The maximum absolute atomic E-state index is 11.5. The molecule has 1 fully saturated rings. The second kappa shape index (κ2) is 10.3. The molecule has 0 saturated carbocycles. The highest BCUT2D eigenvalue weighted by Gasteiger charge is 2.24. The molecule has 0 aliphatic carbocycles. The summed E-state index contributed by atoms with van der Waals surface area (Å²) in [6.07, 6.45) is 1.54. The fourth-order valence-corrected chi connectivity index (χ4v) is 5.18. The summed E-state index contributed by atoms with van der Waals surface area (Å²) in [6.45, 7) is 5.39. The van der Waals surface area contributed by atoms with Crippen LogP contribution in [0.15, 0.2) is 34.2 Å². The summed E-state index contributed by atoms with van der Waals surface area (Å²) >= 11 is 1.41. The monoisotopic (exact) mass is 470 g/mol. The van der Waals surface area contributed by atoms with Gasteiger partial charge in [0.1, 0.15) is 23.0 Å². The highest BCUT2D eigenvalue weighted by atomic mass is 32.2. The van der Waals surface area contributed by atoms with E-state index in [4.69, 9.17) is 10.1 Å². The van der Waals surface area contributed by atoms with Crippen LogP contribution in [-0.2, 0) is 22.2 Å². The number of anilines is 1. The van der Waals surface area contributed by atoms with Crippen molar-refractivity contribution < 1.29 is 8.42 Å². The Bertz CT molecular complexity index is 1170. The van der Waals surface area contributed by atoms with E-state index in [2.05, 4.69) is 29.0 Å². The number of rotatable bonds is 6. The quantitative estimate of drug-likeness (QED) is 0.638. The predicted molar refractivity (Wildman–Crippen MR) is 125 cm³/mol. The number of thioether (sulfide) groups is 1. The van der Waals surface area contributed by atoms with Crippen molar-refractivity contribution in [3.63, 3.8) is 0 Å². The summed E-state index contributed by atoms with van der Waals surface area (Å²) in [4.78, 5) is 9.26. The highest BCUT2D eigenvalue weighted by Crippen LogP contribution is 2.33. The first-order valence-electron chi connectivity index (χ1n) is 10.3. The van der Waals surface area contributed by atoms with E-state index >= 15 is 0 Å². The van der Waals surface area contributed by atoms with Crippen LogP contribution in [0.3, 0.4) is 0 Å². The zero-order chi connectivity index (χ0) is 23.3. The smallest absolute Gasteiger partial charge is 0.238 e. The van der Waals surface area contributed by atoms with Gasteiger partial charge in [-0.05, 0) is 49.7 Å². The van der Waals surface area contributed by atoms with E-state index in [-0.39, 0.29) is 4.90 Å². The van der Waals surface area contributed by atoms with Crippen LogP contribution in [0, 0.1) is 22.7 Å². The van der Waals surface area contributed by atoms with Gasteiger partial charge in [0.2, 0.25) is 10.0 Å². The lowest BCUT2D eigenvalue weighted by atomic mass is 10.0. The number of primary sulfonamides is 1. The first-order valence-corrected chi connectivity index (χ1v) is 12.9. The molecule has 0 atom stereocenters. The van der Waals surface area contributed by atoms with Gasteiger partial charge in [0.05, 0.1) is 16.0 Å². The number of pyridine rings is 1. The Morgan fingerprint density at radius 3 is 2.38 bits per heavy atom. The van der Waals surface area contributed by atoms with Crippen LogP contribution >= 0.6 is 11.8 Å². The molecule has 8 nitrogen and oxygen atoms in total. The lowest BCUT2D eigenvalue weighted by molar-refractivity contribution is 0.360. The van der Waals surface area contributed by atoms with Gasteiger partial charge in [-0.2, -0.15) is 10.5 Å². The summed E-state index contributed by atoms with van der Waals surface area (Å²) in [7, 11) is -1.66. The minimum atomic E-state index is -3.74. The van der Waals surface area contributed by atoms with Crippen LogP contribution in [0.5, 0.6) is 0 Å². The molecule has 2 heterocycles. The largest absolute Gasteiger partial charge is 0.354 e. The molecular weight excluding hydrogens is 444 g/mol. The van der Waals surface area contributed by atoms with E-state index < -0.39 is 10.0 Å². The zero-order valence-electron chi connectivity index (χ0n) is 18.2. The first-order chi connectivity index (χ1) is 15.3. The number of hydrogen-bond donors (Lipinski definition) is 1. The van der Waals surface area contributed by atoms with Gasteiger partial charge in [-0.25, -0.2) is 18.5 Å². The van der Waals surface area contributed by atoms with Gasteiger partial charge in [-0.3, -0.25) is 0 Å². The Labute approximate surface area is 193 Å². The van der Waals surface area contributed by atoms with E-state index in [1.165, 1.54) is 23.9 Å². The van der Waals surface area contributed by atoms with E-state index in [1.807, 2.05) is 6.92 Å². The number of likely N-dealkylation sites (N-methyl/N-ethyl adjacent to an activating group) is 1. The number of benzene rings is 1. The Morgan fingerprint density at radius 1 is 1.09 bits per heavy atom. The molecule has 2 N–H and O–H groups in total. The van der Waals surface area contributed by atoms with Gasteiger partial charge < -0.3 is 9.80 Å². The Balaban J connectivity index is 1.96. The van der Waals surface area contributed by atoms with Crippen LogP contribution in [0.25, 0.3) is 0 Å². The van der Waals surface area contributed by atoms with Crippen LogP contribution < -0.4 is 10.0 Å². The number of nitriles is 2. The van der Waals surface area contributed by atoms with Crippen molar-refractivity contribution in [2.24, 2.45) is 5.14 Å². The minimum Gasteiger partial charge on any atom is -0.354 e. The normalized spacial score (nSPS) is 15.1. The van der Waals surface area contributed by atoms with Crippen molar-refractivity contribution in [2.45, 2.75) is 35.4 Å². The van der Waals surface area contributed by atoms with Gasteiger partial charge in [0, 0.05) is 25.4 Å². The second-order valence-corrected chi connectivity index (χ2v) is 10.2. The summed E-state index contributed by atoms with van der Waals surface area (Å²) in [6, 6.07) is 10.9. The molecule has 3 rings (SSSR count). The number of nitrogens with zero attached hydrogens (tertiary/aromatic N) is 5. The average Bonchev–Trinajstić information content (AvgIpc) is 3.00. The van der Waals surface area contributed by atoms with E-state index in [1.54, 1.807) is 12.1 Å². The van der Waals surface area contributed by atoms with Crippen molar-refractivity contribution in [2.75, 3.05) is 38.1 Å². The third-order valence-electron chi connectivity index (χ3n) is 5.47. The molecule has 1 aromatic heterocycles. The molecule has 1 aliphatic heterocycles. The molecule has 0 unspecified atom stereocenters. The lowest BCUT2D eigenvalue weighted by Gasteiger charge is -2.25. The van der Waals surface area contributed by atoms with Crippen molar-refractivity contribution >= 4 is 27.6 Å². The number of aromatic nitrogens is 1. The molecule has 2 aromatic rings. The fourth-order valence-electron chi connectivity index (χ4n) is 3.70. The van der Waals surface area contributed by atoms with Gasteiger partial charge in [0.15, 0.2) is 0 Å². The first kappa shape index (κ1) is 24.0. The zero-order valence-corrected chi connectivity index (χ0v) is 19.8. The van der Waals surface area contributed by atoms with Gasteiger partial charge in [0.25, 0.3) is 0 Å². The molecule has 0 radical (unpaired) electrons. The van der Waals surface area contributed by atoms with Crippen LogP contribution in [-0.4, -0.2) is 51.5 Å². The number of nitrogens with two attached hydrogens (primary N) is 1. The standard InChI is InChI=1S/C22H26N6O2S2/c1-3-18-19(13-23)21(28-10-4-9-27(2)11-12-28)26-22(20(18)14-24)31-15-16-5-7-17(8-6-16)32(25,29)30/h5-8H,3-4,9-12,15H2,1-2H3,(H2,25,29,30). The fraction of sp³-hybridized carbons (Fsp3) is 0.409. The lowest BCUT2D eigenvalue weighted by Crippen LogP contribution is -2.30. The third-order valence-corrected chi connectivity index (χ3v) is 7.45. The van der Waals surface area contributed by atoms with E-state index in [0.717, 1.165) is 43.7 Å². The van der Waals surface area contributed by atoms with Crippen LogP contribution in [0.2, 0.25) is 0 Å². The second-order valence-electron chi connectivity index (χ2n) is 7.67. The maximum Gasteiger partial charge on any atom is 0.238 e. The topological polar surface area (TPSA) is 127 Å². The molecule has 0 amide bonds. The molecule has 0 bridgehead atoms. The molecule has 32 heavy (non-hydrogen) atoms. The van der Waals surface area contributed by atoms with Gasteiger partial charge >= 0.3 is 0 Å². The Kier molecular flexibility index (Phi) is 7.75. The SMILES string of the molecule is CCc1c(C#N)c(SCc2ccc(S(N)(=O)=O)cc2)nc(N2CCCN(C)CC2)c1C#N. The molecule has 168 valence electrons. The average molecular weight is 471 g/mol. The Hall–Kier alpha value is -2.63. The van der Waals surface area contributed by atoms with E-state index in [9.17, 15) is 18.9 Å². The summed E-state index contributed by atoms with van der Waals surface area (Å²) in [5.41, 5.74) is 2.53. The molecule has 1 saturated heterocycles. The van der Waals surface area contributed by atoms with Crippen LogP contribution in [0.4, 0.5) is 5.82 Å². The van der Waals surface area contributed by atoms with Crippen molar-refractivity contribution in [3.8, 4) is 12.1 Å². The van der Waals surface area contributed by atoms with Gasteiger partial charge in [-0.15, -0.1) is 11.8 Å². The highest BCUT2D eigenvalue weighted by molar-refractivity contribution is 7.98. The molecule has 10 heteroatoms. The Morgan fingerprint density at radius 2 is 1.78 bits per heavy atom. The third kappa shape index (κ3) is 5.40. The number of sulfonamides is 1. The van der Waals surface area contributed by atoms with Crippen LogP contribution in [0.1, 0.15) is 35.6 Å². The summed E-state index contributed by atoms with van der Waals surface area (Å²) < 4.78 is 22.9. The molecule has 0 spiro atoms. The van der Waals surface area contributed by atoms with Crippen molar-refractivity contribution in [1.82, 2.24) is 9.88 Å². The summed E-state index contributed by atoms with van der Waals surface area (Å²) in [5, 5.41) is 25.5. The molecule has 1 aliphatic rings. The maximum atomic E-state index is 11.5. The number of hydrogen-bond acceptors (Lipinski definition) is 8. The molecular formula is C22H26N6O2S2. The predicted octanol–water partition coefficient (Wildman–Crippen LogP) is 2.47. The van der Waals surface area contributed by atoms with Gasteiger partial charge in [-0.1, -0.05) is 19.1 Å². The summed E-state index contributed by atoms with van der Waals surface area (Å²) in [5.74, 6) is 1.15. The van der Waals surface area contributed by atoms with Crippen molar-refractivity contribution in [1.29, 1.82) is 10.5 Å². The minimum absolute atomic E-state index is 0.0575. The molecule has 1 aromatic carbocycles.